The van der Waals surface area contributed by atoms with Crippen LogP contribution in [0.15, 0.2) is 61.3 Å². The van der Waals surface area contributed by atoms with Crippen LogP contribution in [-0.4, -0.2) is 28.2 Å². The first-order valence-corrected chi connectivity index (χ1v) is 8.36. The molecule has 2 heterocycles. The van der Waals surface area contributed by atoms with E-state index in [1.54, 1.807) is 36.5 Å². The summed E-state index contributed by atoms with van der Waals surface area (Å²) in [5.74, 6) is -0.573. The molecule has 0 bridgehead atoms. The van der Waals surface area contributed by atoms with Crippen LogP contribution in [0.5, 0.6) is 0 Å². The van der Waals surface area contributed by atoms with E-state index in [4.69, 9.17) is 11.6 Å². The topological polar surface area (TPSA) is 62.3 Å². The molecule has 3 aromatic rings. The van der Waals surface area contributed by atoms with Crippen molar-refractivity contribution >= 4 is 45.7 Å². The molecule has 128 valence electrons. The van der Waals surface area contributed by atoms with Gasteiger partial charge in [0.05, 0.1) is 11.2 Å². The lowest BCUT2D eigenvalue weighted by Crippen LogP contribution is -2.32. The van der Waals surface area contributed by atoms with Gasteiger partial charge in [0.15, 0.2) is 0 Å². The number of nitrogens with zero attached hydrogens (tertiary/aromatic N) is 2. The molecule has 0 saturated heterocycles. The maximum atomic E-state index is 12.5. The number of halogens is 1. The molecule has 1 aliphatic heterocycles. The van der Waals surface area contributed by atoms with E-state index in [1.165, 1.54) is 4.90 Å². The molecule has 1 aromatic heterocycles. The number of pyridine rings is 1. The van der Waals surface area contributed by atoms with Crippen LogP contribution in [0.25, 0.3) is 16.6 Å². The molecule has 2 amide bonds. The fourth-order valence-electron chi connectivity index (χ4n) is 3.09. The van der Waals surface area contributed by atoms with Gasteiger partial charge in [0.2, 0.25) is 5.91 Å². The molecule has 0 spiro atoms. The third kappa shape index (κ3) is 2.72. The number of hydrogen-bond acceptors (Lipinski definition) is 3. The highest BCUT2D eigenvalue weighted by Gasteiger charge is 2.31. The monoisotopic (exact) mass is 363 g/mol. The number of amides is 2. The molecule has 0 fully saturated rings. The lowest BCUT2D eigenvalue weighted by Gasteiger charge is -2.17. The van der Waals surface area contributed by atoms with Crippen LogP contribution in [0.3, 0.4) is 0 Å². The fourth-order valence-corrected chi connectivity index (χ4v) is 3.31. The number of hydrogen-bond donors (Lipinski definition) is 1. The number of fused-ring (bicyclic) bond motifs is 2. The number of carbonyl (C=O) groups excluding carboxylic acids is 2. The standard InChI is InChI=1S/C20H14ClN3O2/c1-12-15-6-2-3-7-16(15)20(26)24(12)11-18(25)23-17-10-14(21)9-13-5-4-8-22-19(13)17/h2-10H,1,11H2,(H,23,25). The number of anilines is 1. The van der Waals surface area contributed by atoms with Gasteiger partial charge in [-0.1, -0.05) is 42.4 Å². The van der Waals surface area contributed by atoms with Crippen LogP contribution < -0.4 is 5.32 Å². The summed E-state index contributed by atoms with van der Waals surface area (Å²) >= 11 is 6.13. The highest BCUT2D eigenvalue weighted by atomic mass is 35.5. The maximum absolute atomic E-state index is 12.5. The Bertz CT molecular complexity index is 1040. The smallest absolute Gasteiger partial charge is 0.259 e. The second kappa shape index (κ2) is 6.28. The molecular weight excluding hydrogens is 350 g/mol. The second-order valence-corrected chi connectivity index (χ2v) is 6.40. The Morgan fingerprint density at radius 1 is 1.15 bits per heavy atom. The molecule has 26 heavy (non-hydrogen) atoms. The van der Waals surface area contributed by atoms with Crippen molar-refractivity contribution in [3.05, 3.63) is 77.5 Å². The average molecular weight is 364 g/mol. The Morgan fingerprint density at radius 3 is 2.69 bits per heavy atom. The highest BCUT2D eigenvalue weighted by Crippen LogP contribution is 2.31. The van der Waals surface area contributed by atoms with Crippen molar-refractivity contribution in [2.75, 3.05) is 11.9 Å². The Balaban J connectivity index is 1.58. The quantitative estimate of drug-likeness (QED) is 0.766. The van der Waals surface area contributed by atoms with Crippen molar-refractivity contribution in [2.24, 2.45) is 0 Å². The van der Waals surface area contributed by atoms with Gasteiger partial charge < -0.3 is 5.32 Å². The second-order valence-electron chi connectivity index (χ2n) is 5.96. The number of nitrogens with one attached hydrogen (secondary N) is 1. The Morgan fingerprint density at radius 2 is 1.92 bits per heavy atom. The summed E-state index contributed by atoms with van der Waals surface area (Å²) in [6.07, 6.45) is 1.65. The molecule has 2 aromatic carbocycles. The lowest BCUT2D eigenvalue weighted by molar-refractivity contribution is -0.116. The third-order valence-corrected chi connectivity index (χ3v) is 4.50. The summed E-state index contributed by atoms with van der Waals surface area (Å²) in [5, 5.41) is 4.12. The fraction of sp³-hybridized carbons (Fsp3) is 0.0500. The normalized spacial score (nSPS) is 13.2. The van der Waals surface area contributed by atoms with Gasteiger partial charge in [-0.2, -0.15) is 0 Å². The van der Waals surface area contributed by atoms with Crippen LogP contribution >= 0.6 is 11.6 Å². The molecule has 0 unspecified atom stereocenters. The van der Waals surface area contributed by atoms with Gasteiger partial charge in [-0.05, 0) is 24.3 Å². The minimum atomic E-state index is -0.346. The maximum Gasteiger partial charge on any atom is 0.259 e. The van der Waals surface area contributed by atoms with Gasteiger partial charge in [-0.3, -0.25) is 19.5 Å². The van der Waals surface area contributed by atoms with Crippen LogP contribution in [0.2, 0.25) is 5.02 Å². The van der Waals surface area contributed by atoms with Crippen LogP contribution in [0.4, 0.5) is 5.69 Å². The van der Waals surface area contributed by atoms with Crippen molar-refractivity contribution in [2.45, 2.75) is 0 Å². The molecule has 1 aliphatic rings. The number of rotatable bonds is 3. The van der Waals surface area contributed by atoms with Crippen molar-refractivity contribution in [1.82, 2.24) is 9.88 Å². The van der Waals surface area contributed by atoms with Crippen molar-refractivity contribution in [3.63, 3.8) is 0 Å². The van der Waals surface area contributed by atoms with E-state index in [1.807, 2.05) is 18.2 Å². The number of carbonyl (C=O) groups is 2. The van der Waals surface area contributed by atoms with Crippen molar-refractivity contribution in [3.8, 4) is 0 Å². The predicted molar refractivity (Wildman–Crippen MR) is 102 cm³/mol. The summed E-state index contributed by atoms with van der Waals surface area (Å²) < 4.78 is 0. The van der Waals surface area contributed by atoms with E-state index < -0.39 is 0 Å². The van der Waals surface area contributed by atoms with Gasteiger partial charge in [0, 0.05) is 33.4 Å². The first-order chi connectivity index (χ1) is 12.5. The molecule has 4 rings (SSSR count). The van der Waals surface area contributed by atoms with E-state index in [2.05, 4.69) is 16.9 Å². The first kappa shape index (κ1) is 16.3. The van der Waals surface area contributed by atoms with Crippen molar-refractivity contribution in [1.29, 1.82) is 0 Å². The van der Waals surface area contributed by atoms with E-state index >= 15 is 0 Å². The number of aromatic nitrogens is 1. The lowest BCUT2D eigenvalue weighted by atomic mass is 10.1. The summed E-state index contributed by atoms with van der Waals surface area (Å²) in [4.78, 5) is 30.7. The summed E-state index contributed by atoms with van der Waals surface area (Å²) in [7, 11) is 0. The molecule has 1 N–H and O–H groups in total. The van der Waals surface area contributed by atoms with Gasteiger partial charge >= 0.3 is 0 Å². The Hall–Kier alpha value is -3.18. The summed E-state index contributed by atoms with van der Waals surface area (Å²) in [5.41, 5.74) is 2.98. The zero-order chi connectivity index (χ0) is 18.3. The van der Waals surface area contributed by atoms with Gasteiger partial charge in [0.25, 0.3) is 5.91 Å². The largest absolute Gasteiger partial charge is 0.323 e. The van der Waals surface area contributed by atoms with Gasteiger partial charge in [-0.25, -0.2) is 0 Å². The molecule has 6 heteroatoms. The van der Waals surface area contributed by atoms with E-state index in [-0.39, 0.29) is 18.4 Å². The SMILES string of the molecule is C=C1c2ccccc2C(=O)N1CC(=O)Nc1cc(Cl)cc2cccnc12. The van der Waals surface area contributed by atoms with E-state index in [0.29, 0.717) is 27.5 Å². The van der Waals surface area contributed by atoms with Crippen LogP contribution in [0, 0.1) is 0 Å². The van der Waals surface area contributed by atoms with E-state index in [9.17, 15) is 9.59 Å². The molecule has 0 atom stereocenters. The Labute approximate surface area is 154 Å². The minimum Gasteiger partial charge on any atom is -0.323 e. The van der Waals surface area contributed by atoms with Crippen LogP contribution in [0.1, 0.15) is 15.9 Å². The van der Waals surface area contributed by atoms with Crippen LogP contribution in [-0.2, 0) is 4.79 Å². The first-order valence-electron chi connectivity index (χ1n) is 7.99. The summed E-state index contributed by atoms with van der Waals surface area (Å²) in [6.45, 7) is 3.81. The average Bonchev–Trinajstić information content (AvgIpc) is 2.87. The molecular formula is C20H14ClN3O2. The van der Waals surface area contributed by atoms with E-state index in [0.717, 1.165) is 10.9 Å². The predicted octanol–water partition coefficient (Wildman–Crippen LogP) is 3.95. The molecule has 0 saturated carbocycles. The third-order valence-electron chi connectivity index (χ3n) is 4.28. The molecule has 5 nitrogen and oxygen atoms in total. The van der Waals surface area contributed by atoms with Gasteiger partial charge in [0.1, 0.15) is 6.54 Å². The zero-order valence-electron chi connectivity index (χ0n) is 13.7. The summed E-state index contributed by atoms with van der Waals surface area (Å²) in [6, 6.07) is 14.3. The highest BCUT2D eigenvalue weighted by molar-refractivity contribution is 6.32. The minimum absolute atomic E-state index is 0.132. The Kier molecular flexibility index (Phi) is 3.93. The number of benzene rings is 2. The zero-order valence-corrected chi connectivity index (χ0v) is 14.5. The van der Waals surface area contributed by atoms with Crippen molar-refractivity contribution < 1.29 is 9.59 Å². The van der Waals surface area contributed by atoms with Gasteiger partial charge in [-0.15, -0.1) is 0 Å². The molecule has 0 radical (unpaired) electrons. The molecule has 0 aliphatic carbocycles.